The van der Waals surface area contributed by atoms with E-state index in [2.05, 4.69) is 42.4 Å². The highest BCUT2D eigenvalue weighted by atomic mass is 127. The second-order valence-electron chi connectivity index (χ2n) is 5.94. The average molecular weight is 453 g/mol. The lowest BCUT2D eigenvalue weighted by Crippen LogP contribution is -2.25. The molecule has 4 N–H and O–H groups in total. The third kappa shape index (κ3) is 6.01. The lowest BCUT2D eigenvalue weighted by Gasteiger charge is -2.15. The smallest absolute Gasteiger partial charge is 0.193 e. The van der Waals surface area contributed by atoms with Gasteiger partial charge in [0.2, 0.25) is 0 Å². The molecule has 0 radical (unpaired) electrons. The largest absolute Gasteiger partial charge is 0.386 e. The standard InChI is InChI=1S/C20H27N3O.HI/c1-4-15-9-7-10-16(5-2)19(15)23-20(21)22-13-18(24)17-11-6-8-14(3)12-17;/h6-12,18,24H,4-5,13H2,1-3H3,(H3,21,22,23);1H. The number of aliphatic imine (C=N–C) groups is 1. The summed E-state index contributed by atoms with van der Waals surface area (Å²) < 4.78 is 0. The first kappa shape index (κ1) is 21.4. The van der Waals surface area contributed by atoms with Crippen molar-refractivity contribution in [3.05, 3.63) is 64.7 Å². The number of rotatable bonds is 6. The zero-order valence-corrected chi connectivity index (χ0v) is 17.5. The predicted octanol–water partition coefficient (Wildman–Crippen LogP) is 4.20. The fourth-order valence-electron chi connectivity index (χ4n) is 2.74. The molecule has 0 bridgehead atoms. The summed E-state index contributed by atoms with van der Waals surface area (Å²) in [5, 5.41) is 13.5. The Morgan fingerprint density at radius 3 is 2.28 bits per heavy atom. The van der Waals surface area contributed by atoms with E-state index >= 15 is 0 Å². The molecular formula is C20H28IN3O. The van der Waals surface area contributed by atoms with Gasteiger partial charge in [0.25, 0.3) is 0 Å². The number of anilines is 1. The van der Waals surface area contributed by atoms with Crippen molar-refractivity contribution in [1.29, 1.82) is 0 Å². The molecule has 4 nitrogen and oxygen atoms in total. The number of nitrogens with one attached hydrogen (secondary N) is 1. The van der Waals surface area contributed by atoms with Crippen LogP contribution in [0.1, 0.15) is 42.2 Å². The minimum absolute atomic E-state index is 0. The van der Waals surface area contributed by atoms with Gasteiger partial charge >= 0.3 is 0 Å². The van der Waals surface area contributed by atoms with Crippen molar-refractivity contribution in [1.82, 2.24) is 0 Å². The van der Waals surface area contributed by atoms with Crippen LogP contribution in [-0.4, -0.2) is 17.6 Å². The molecular weight excluding hydrogens is 425 g/mol. The van der Waals surface area contributed by atoms with E-state index in [0.29, 0.717) is 5.96 Å². The number of para-hydroxylation sites is 1. The summed E-state index contributed by atoms with van der Waals surface area (Å²) in [6.07, 6.45) is 1.20. The molecule has 0 fully saturated rings. The number of benzene rings is 2. The number of hydrogen-bond donors (Lipinski definition) is 3. The first-order chi connectivity index (χ1) is 11.5. The number of nitrogens with two attached hydrogens (primary N) is 1. The van der Waals surface area contributed by atoms with E-state index in [1.165, 1.54) is 11.1 Å². The Morgan fingerprint density at radius 1 is 1.12 bits per heavy atom. The zero-order valence-electron chi connectivity index (χ0n) is 15.1. The lowest BCUT2D eigenvalue weighted by molar-refractivity contribution is 0.187. The van der Waals surface area contributed by atoms with E-state index in [4.69, 9.17) is 5.73 Å². The molecule has 0 aliphatic carbocycles. The van der Waals surface area contributed by atoms with Crippen LogP contribution in [0.4, 0.5) is 5.69 Å². The Morgan fingerprint density at radius 2 is 1.72 bits per heavy atom. The van der Waals surface area contributed by atoms with Crippen molar-refractivity contribution < 1.29 is 5.11 Å². The molecule has 0 saturated heterocycles. The van der Waals surface area contributed by atoms with Gasteiger partial charge in [0.15, 0.2) is 5.96 Å². The first-order valence-corrected chi connectivity index (χ1v) is 8.47. The number of nitrogens with zero attached hydrogens (tertiary/aromatic N) is 1. The number of aryl methyl sites for hydroxylation is 3. The summed E-state index contributed by atoms with van der Waals surface area (Å²) in [6.45, 7) is 6.48. The van der Waals surface area contributed by atoms with Crippen LogP contribution in [0.25, 0.3) is 0 Å². The number of halogens is 1. The fraction of sp³-hybridized carbons (Fsp3) is 0.350. The molecule has 2 aromatic carbocycles. The molecule has 0 aromatic heterocycles. The molecule has 0 heterocycles. The van der Waals surface area contributed by atoms with E-state index in [1.807, 2.05) is 31.2 Å². The molecule has 0 aliphatic heterocycles. The molecule has 136 valence electrons. The Balaban J connectivity index is 0.00000312. The minimum atomic E-state index is -0.655. The van der Waals surface area contributed by atoms with Crippen LogP contribution in [0.15, 0.2) is 47.5 Å². The third-order valence-electron chi connectivity index (χ3n) is 4.11. The van der Waals surface area contributed by atoms with Crippen LogP contribution in [0.5, 0.6) is 0 Å². The fourth-order valence-corrected chi connectivity index (χ4v) is 2.74. The maximum absolute atomic E-state index is 10.3. The van der Waals surface area contributed by atoms with Crippen LogP contribution < -0.4 is 11.1 Å². The number of guanidine groups is 1. The number of aliphatic hydroxyl groups is 1. The van der Waals surface area contributed by atoms with E-state index in [0.717, 1.165) is 29.7 Å². The van der Waals surface area contributed by atoms with Gasteiger partial charge in [-0.05, 0) is 36.5 Å². The van der Waals surface area contributed by atoms with Crippen molar-refractivity contribution in [3.8, 4) is 0 Å². The summed E-state index contributed by atoms with van der Waals surface area (Å²) >= 11 is 0. The van der Waals surface area contributed by atoms with Gasteiger partial charge in [-0.2, -0.15) is 0 Å². The third-order valence-corrected chi connectivity index (χ3v) is 4.11. The maximum atomic E-state index is 10.3. The second kappa shape index (κ2) is 10.4. The average Bonchev–Trinajstić information content (AvgIpc) is 2.59. The van der Waals surface area contributed by atoms with Gasteiger partial charge < -0.3 is 16.2 Å². The summed E-state index contributed by atoms with van der Waals surface area (Å²) in [7, 11) is 0. The van der Waals surface area contributed by atoms with Crippen LogP contribution >= 0.6 is 24.0 Å². The Labute approximate surface area is 167 Å². The quantitative estimate of drug-likeness (QED) is 0.349. The summed E-state index contributed by atoms with van der Waals surface area (Å²) in [6, 6.07) is 14.1. The van der Waals surface area contributed by atoms with Crippen molar-refractivity contribution >= 4 is 35.6 Å². The van der Waals surface area contributed by atoms with Crippen molar-refractivity contribution in [2.24, 2.45) is 10.7 Å². The van der Waals surface area contributed by atoms with Crippen LogP contribution in [0.3, 0.4) is 0 Å². The lowest BCUT2D eigenvalue weighted by atomic mass is 10.0. The molecule has 0 aliphatic rings. The van der Waals surface area contributed by atoms with E-state index in [9.17, 15) is 5.11 Å². The molecule has 1 unspecified atom stereocenters. The summed E-state index contributed by atoms with van der Waals surface area (Å²) in [4.78, 5) is 4.31. The summed E-state index contributed by atoms with van der Waals surface area (Å²) in [5.41, 5.74) is 11.5. The number of aliphatic hydroxyl groups excluding tert-OH is 1. The minimum Gasteiger partial charge on any atom is -0.386 e. The Hall–Kier alpha value is -1.60. The van der Waals surface area contributed by atoms with Gasteiger partial charge in [0.05, 0.1) is 12.6 Å². The van der Waals surface area contributed by atoms with Crippen LogP contribution in [0.2, 0.25) is 0 Å². The predicted molar refractivity (Wildman–Crippen MR) is 117 cm³/mol. The normalized spacial score (nSPS) is 12.4. The highest BCUT2D eigenvalue weighted by Crippen LogP contribution is 2.22. The molecule has 5 heteroatoms. The second-order valence-corrected chi connectivity index (χ2v) is 5.94. The highest BCUT2D eigenvalue weighted by molar-refractivity contribution is 14.0. The maximum Gasteiger partial charge on any atom is 0.193 e. The topological polar surface area (TPSA) is 70.6 Å². The Kier molecular flexibility index (Phi) is 8.92. The van der Waals surface area contributed by atoms with Crippen LogP contribution in [0, 0.1) is 6.92 Å². The van der Waals surface area contributed by atoms with Crippen molar-refractivity contribution in [3.63, 3.8) is 0 Å². The van der Waals surface area contributed by atoms with Gasteiger partial charge in [-0.25, -0.2) is 0 Å². The molecule has 1 atom stereocenters. The van der Waals surface area contributed by atoms with Crippen LogP contribution in [-0.2, 0) is 12.8 Å². The molecule has 0 amide bonds. The molecule has 0 saturated carbocycles. The number of hydrogen-bond acceptors (Lipinski definition) is 2. The molecule has 0 spiro atoms. The highest BCUT2D eigenvalue weighted by Gasteiger charge is 2.09. The SMILES string of the molecule is CCc1cccc(CC)c1NC(N)=NCC(O)c1cccc(C)c1.I. The van der Waals surface area contributed by atoms with Gasteiger partial charge in [-0.15, -0.1) is 24.0 Å². The van der Waals surface area contributed by atoms with E-state index < -0.39 is 6.10 Å². The van der Waals surface area contributed by atoms with Crippen molar-refractivity contribution in [2.75, 3.05) is 11.9 Å². The summed E-state index contributed by atoms with van der Waals surface area (Å²) in [5.74, 6) is 0.331. The molecule has 25 heavy (non-hydrogen) atoms. The van der Waals surface area contributed by atoms with E-state index in [1.54, 1.807) is 0 Å². The molecule has 2 rings (SSSR count). The van der Waals surface area contributed by atoms with Gasteiger partial charge in [-0.3, -0.25) is 4.99 Å². The van der Waals surface area contributed by atoms with Gasteiger partial charge in [0.1, 0.15) is 0 Å². The first-order valence-electron chi connectivity index (χ1n) is 8.47. The Bertz CT molecular complexity index is 694. The van der Waals surface area contributed by atoms with Gasteiger partial charge in [0, 0.05) is 5.69 Å². The van der Waals surface area contributed by atoms with Gasteiger partial charge in [-0.1, -0.05) is 61.9 Å². The zero-order chi connectivity index (χ0) is 17.5. The monoisotopic (exact) mass is 453 g/mol. The van der Waals surface area contributed by atoms with Crippen molar-refractivity contribution in [2.45, 2.75) is 39.7 Å². The van der Waals surface area contributed by atoms with E-state index in [-0.39, 0.29) is 30.5 Å². The molecule has 2 aromatic rings.